The van der Waals surface area contributed by atoms with Crippen molar-refractivity contribution in [2.24, 2.45) is 5.92 Å². The van der Waals surface area contributed by atoms with Crippen LogP contribution in [0.1, 0.15) is 12.8 Å². The van der Waals surface area contributed by atoms with Crippen molar-refractivity contribution in [3.63, 3.8) is 0 Å². The first-order valence-electron chi connectivity index (χ1n) is 4.71. The van der Waals surface area contributed by atoms with Gasteiger partial charge < -0.3 is 14.9 Å². The second kappa shape index (κ2) is 4.30. The van der Waals surface area contributed by atoms with Crippen LogP contribution in [0.5, 0.6) is 0 Å². The van der Waals surface area contributed by atoms with Crippen molar-refractivity contribution >= 4 is 12.0 Å². The Hall–Kier alpha value is -1.26. The van der Waals surface area contributed by atoms with Gasteiger partial charge in [-0.25, -0.2) is 4.79 Å². The average Bonchev–Trinajstić information content (AvgIpc) is 2.16. The third kappa shape index (κ3) is 2.37. The Bertz CT molecular complexity index is 240. The van der Waals surface area contributed by atoms with E-state index in [9.17, 15) is 9.59 Å². The van der Waals surface area contributed by atoms with Gasteiger partial charge in [-0.05, 0) is 12.8 Å². The molecule has 1 rings (SSSR count). The Kier molecular flexibility index (Phi) is 3.33. The fraction of sp³-hybridized carbons (Fsp3) is 0.778. The number of likely N-dealkylation sites (tertiary alicyclic amines) is 1. The molecule has 0 aromatic carbocycles. The number of amides is 2. The molecule has 2 amide bonds. The van der Waals surface area contributed by atoms with E-state index in [4.69, 9.17) is 5.11 Å². The zero-order valence-electron chi connectivity index (χ0n) is 8.56. The Labute approximate surface area is 83.3 Å². The van der Waals surface area contributed by atoms with Crippen molar-refractivity contribution in [1.82, 2.24) is 9.80 Å². The van der Waals surface area contributed by atoms with Crippen LogP contribution in [0.2, 0.25) is 0 Å². The fourth-order valence-electron chi connectivity index (χ4n) is 1.64. The topological polar surface area (TPSA) is 60.9 Å². The molecule has 1 N–H and O–H groups in total. The number of carboxylic acids is 1. The van der Waals surface area contributed by atoms with E-state index in [1.54, 1.807) is 19.0 Å². The molecule has 1 aliphatic rings. The molecule has 5 nitrogen and oxygen atoms in total. The zero-order valence-corrected chi connectivity index (χ0v) is 8.56. The fourth-order valence-corrected chi connectivity index (χ4v) is 1.64. The highest BCUT2D eigenvalue weighted by Gasteiger charge is 2.28. The summed E-state index contributed by atoms with van der Waals surface area (Å²) < 4.78 is 0. The molecule has 0 unspecified atom stereocenters. The lowest BCUT2D eigenvalue weighted by molar-refractivity contribution is -0.143. The first kappa shape index (κ1) is 10.8. The quantitative estimate of drug-likeness (QED) is 0.669. The van der Waals surface area contributed by atoms with E-state index in [2.05, 4.69) is 0 Å². The number of hydrogen-bond donors (Lipinski definition) is 1. The van der Waals surface area contributed by atoms with Gasteiger partial charge in [-0.3, -0.25) is 4.79 Å². The van der Waals surface area contributed by atoms with Gasteiger partial charge in [-0.1, -0.05) is 0 Å². The van der Waals surface area contributed by atoms with E-state index in [0.717, 1.165) is 6.42 Å². The maximum Gasteiger partial charge on any atom is 0.319 e. The first-order valence-corrected chi connectivity index (χ1v) is 4.71. The molecule has 1 saturated heterocycles. The predicted octanol–water partition coefficient (Wildman–Crippen LogP) is 0.465. The van der Waals surface area contributed by atoms with E-state index < -0.39 is 11.9 Å². The molecule has 80 valence electrons. The largest absolute Gasteiger partial charge is 0.481 e. The molecule has 0 aliphatic carbocycles. The number of nitrogens with zero attached hydrogens (tertiary/aromatic N) is 2. The second-order valence-corrected chi connectivity index (χ2v) is 3.80. The summed E-state index contributed by atoms with van der Waals surface area (Å²) >= 11 is 0. The molecule has 14 heavy (non-hydrogen) atoms. The van der Waals surface area contributed by atoms with E-state index in [1.807, 2.05) is 0 Å². The summed E-state index contributed by atoms with van der Waals surface area (Å²) in [6.45, 7) is 1.01. The first-order chi connectivity index (χ1) is 6.52. The summed E-state index contributed by atoms with van der Waals surface area (Å²) in [6, 6.07) is -0.101. The highest BCUT2D eigenvalue weighted by Crippen LogP contribution is 2.17. The summed E-state index contributed by atoms with van der Waals surface area (Å²) in [4.78, 5) is 25.3. The van der Waals surface area contributed by atoms with Crippen LogP contribution >= 0.6 is 0 Å². The second-order valence-electron chi connectivity index (χ2n) is 3.80. The Morgan fingerprint density at radius 1 is 1.43 bits per heavy atom. The van der Waals surface area contributed by atoms with Gasteiger partial charge in [0.25, 0.3) is 0 Å². The monoisotopic (exact) mass is 200 g/mol. The minimum absolute atomic E-state index is 0.101. The molecule has 1 heterocycles. The van der Waals surface area contributed by atoms with Crippen LogP contribution in [0.15, 0.2) is 0 Å². The molecule has 0 bridgehead atoms. The van der Waals surface area contributed by atoms with Crippen LogP contribution in [-0.2, 0) is 4.79 Å². The van der Waals surface area contributed by atoms with Crippen LogP contribution in [0.4, 0.5) is 4.79 Å². The Balaban J connectivity index is 2.56. The van der Waals surface area contributed by atoms with Crippen molar-refractivity contribution in [3.05, 3.63) is 0 Å². The summed E-state index contributed by atoms with van der Waals surface area (Å²) in [7, 11) is 3.35. The van der Waals surface area contributed by atoms with Gasteiger partial charge in [0.05, 0.1) is 5.92 Å². The molecule has 0 aromatic heterocycles. The van der Waals surface area contributed by atoms with Crippen LogP contribution in [0.25, 0.3) is 0 Å². The standard InChI is InChI=1S/C9H16N2O3/c1-10(2)9(14)11-5-3-4-7(6-11)8(12)13/h7H,3-6H2,1-2H3,(H,12,13)/t7-/m1/s1. The number of urea groups is 1. The van der Waals surface area contributed by atoms with Crippen molar-refractivity contribution < 1.29 is 14.7 Å². The van der Waals surface area contributed by atoms with E-state index in [0.29, 0.717) is 19.5 Å². The highest BCUT2D eigenvalue weighted by molar-refractivity contribution is 5.76. The van der Waals surface area contributed by atoms with Gasteiger partial charge in [0.1, 0.15) is 0 Å². The van der Waals surface area contributed by atoms with E-state index in [-0.39, 0.29) is 6.03 Å². The molecule has 1 aliphatic heterocycles. The minimum Gasteiger partial charge on any atom is -0.481 e. The number of carbonyl (C=O) groups is 2. The molecular weight excluding hydrogens is 184 g/mol. The maximum absolute atomic E-state index is 11.5. The molecule has 0 spiro atoms. The van der Waals surface area contributed by atoms with Gasteiger partial charge >= 0.3 is 12.0 Å². The molecule has 0 radical (unpaired) electrons. The maximum atomic E-state index is 11.5. The van der Waals surface area contributed by atoms with Gasteiger partial charge in [0.2, 0.25) is 0 Å². The number of hydrogen-bond acceptors (Lipinski definition) is 2. The number of rotatable bonds is 1. The lowest BCUT2D eigenvalue weighted by atomic mass is 9.99. The highest BCUT2D eigenvalue weighted by atomic mass is 16.4. The predicted molar refractivity (Wildman–Crippen MR) is 51.0 cm³/mol. The van der Waals surface area contributed by atoms with Crippen molar-refractivity contribution in [2.75, 3.05) is 27.2 Å². The van der Waals surface area contributed by atoms with E-state index >= 15 is 0 Å². The molecular formula is C9H16N2O3. The van der Waals surface area contributed by atoms with Crippen molar-refractivity contribution in [2.45, 2.75) is 12.8 Å². The average molecular weight is 200 g/mol. The summed E-state index contributed by atoms with van der Waals surface area (Å²) in [5.74, 6) is -1.20. The van der Waals surface area contributed by atoms with E-state index in [1.165, 1.54) is 4.90 Å². The number of piperidine rings is 1. The lowest BCUT2D eigenvalue weighted by Crippen LogP contribution is -2.46. The summed E-state index contributed by atoms with van der Waals surface area (Å²) in [5, 5.41) is 8.82. The van der Waals surface area contributed by atoms with Crippen molar-refractivity contribution in [1.29, 1.82) is 0 Å². The number of aliphatic carboxylic acids is 1. The van der Waals surface area contributed by atoms with Gasteiger partial charge in [-0.15, -0.1) is 0 Å². The summed E-state index contributed by atoms with van der Waals surface area (Å²) in [6.07, 6.45) is 1.45. The lowest BCUT2D eigenvalue weighted by Gasteiger charge is -2.32. The van der Waals surface area contributed by atoms with Crippen LogP contribution in [0.3, 0.4) is 0 Å². The smallest absolute Gasteiger partial charge is 0.319 e. The zero-order chi connectivity index (χ0) is 10.7. The molecule has 5 heteroatoms. The van der Waals surface area contributed by atoms with Crippen LogP contribution < -0.4 is 0 Å². The van der Waals surface area contributed by atoms with Crippen LogP contribution in [-0.4, -0.2) is 54.1 Å². The van der Waals surface area contributed by atoms with Gasteiger partial charge in [-0.2, -0.15) is 0 Å². The third-order valence-corrected chi connectivity index (χ3v) is 2.42. The number of carbonyl (C=O) groups excluding carboxylic acids is 1. The molecule has 1 fully saturated rings. The Morgan fingerprint density at radius 2 is 2.07 bits per heavy atom. The molecule has 1 atom stereocenters. The molecule has 0 saturated carbocycles. The normalized spacial score (nSPS) is 21.9. The van der Waals surface area contributed by atoms with Crippen molar-refractivity contribution in [3.8, 4) is 0 Å². The van der Waals surface area contributed by atoms with Gasteiger partial charge in [0, 0.05) is 27.2 Å². The Morgan fingerprint density at radius 3 is 2.57 bits per heavy atom. The van der Waals surface area contributed by atoms with Crippen LogP contribution in [0, 0.1) is 5.92 Å². The third-order valence-electron chi connectivity index (χ3n) is 2.42. The number of carboxylic acid groups (broad SMARTS) is 1. The minimum atomic E-state index is -0.804. The van der Waals surface area contributed by atoms with Gasteiger partial charge in [0.15, 0.2) is 0 Å². The summed E-state index contributed by atoms with van der Waals surface area (Å²) in [5.41, 5.74) is 0. The SMILES string of the molecule is CN(C)C(=O)N1CCC[C@@H](C(=O)O)C1. The molecule has 0 aromatic rings.